The van der Waals surface area contributed by atoms with E-state index in [1.165, 1.54) is 128 Å². The molecule has 2 nitrogen and oxygen atoms in total. The van der Waals surface area contributed by atoms with Crippen molar-refractivity contribution in [2.75, 3.05) is 0 Å². The Labute approximate surface area is 213 Å². The van der Waals surface area contributed by atoms with Crippen LogP contribution in [0.4, 0.5) is 0 Å². The van der Waals surface area contributed by atoms with Crippen molar-refractivity contribution in [2.45, 2.75) is 181 Å². The molecule has 0 heterocycles. The van der Waals surface area contributed by atoms with Crippen LogP contribution in [0.15, 0.2) is 0 Å². The number of hydrogen-bond donors (Lipinski definition) is 0. The van der Waals surface area contributed by atoms with E-state index in [-0.39, 0.29) is 0 Å². The number of hydrogen-bond acceptors (Lipinski definition) is 2. The first-order valence-electron chi connectivity index (χ1n) is 15.6. The first kappa shape index (κ1) is 31.4. The van der Waals surface area contributed by atoms with Crippen molar-refractivity contribution in [1.29, 1.82) is 0 Å². The van der Waals surface area contributed by atoms with Crippen LogP contribution in [0.3, 0.4) is 0 Å². The van der Waals surface area contributed by atoms with E-state index in [4.69, 9.17) is 0 Å². The van der Waals surface area contributed by atoms with Gasteiger partial charge in [0.15, 0.2) is 0 Å². The van der Waals surface area contributed by atoms with Gasteiger partial charge in [0.2, 0.25) is 0 Å². The van der Waals surface area contributed by atoms with Crippen LogP contribution in [0.2, 0.25) is 0 Å². The number of carbonyl (C=O) groups is 2. The predicted octanol–water partition coefficient (Wildman–Crippen LogP) is 10.6. The molecule has 0 aromatic heterocycles. The van der Waals surface area contributed by atoms with Crippen LogP contribution in [-0.4, -0.2) is 11.6 Å². The summed E-state index contributed by atoms with van der Waals surface area (Å²) in [6.45, 7) is 4.49. The zero-order chi connectivity index (χ0) is 24.7. The summed E-state index contributed by atoms with van der Waals surface area (Å²) in [6, 6.07) is 0. The number of ketones is 2. The zero-order valence-electron chi connectivity index (χ0n) is 23.4. The van der Waals surface area contributed by atoms with Crippen LogP contribution in [0, 0.1) is 11.8 Å². The fraction of sp³-hybridized carbons (Fsp3) is 0.938. The second-order valence-corrected chi connectivity index (χ2v) is 11.8. The molecule has 2 aliphatic carbocycles. The maximum absolute atomic E-state index is 11.7. The third-order valence-electron chi connectivity index (χ3n) is 7.96. The van der Waals surface area contributed by atoms with Crippen molar-refractivity contribution in [3.8, 4) is 0 Å². The van der Waals surface area contributed by atoms with Crippen molar-refractivity contribution in [3.63, 3.8) is 0 Å². The van der Waals surface area contributed by atoms with Crippen molar-refractivity contribution in [1.82, 2.24) is 0 Å². The van der Waals surface area contributed by atoms with Gasteiger partial charge in [0.25, 0.3) is 0 Å². The summed E-state index contributed by atoms with van der Waals surface area (Å²) in [6.07, 6.45) is 32.8. The lowest BCUT2D eigenvalue weighted by Crippen LogP contribution is -2.05. The van der Waals surface area contributed by atoms with E-state index >= 15 is 0 Å². The molecule has 2 saturated carbocycles. The summed E-state index contributed by atoms with van der Waals surface area (Å²) in [5.74, 6) is 2.25. The lowest BCUT2D eigenvalue weighted by molar-refractivity contribution is -0.120. The fourth-order valence-electron chi connectivity index (χ4n) is 5.64. The van der Waals surface area contributed by atoms with Crippen LogP contribution in [0.25, 0.3) is 0 Å². The monoisotopic (exact) mass is 476 g/mol. The highest BCUT2D eigenvalue weighted by molar-refractivity contribution is 5.78. The Morgan fingerprint density at radius 2 is 0.618 bits per heavy atom. The van der Waals surface area contributed by atoms with Crippen molar-refractivity contribution < 1.29 is 9.59 Å². The number of Topliss-reactive ketones (excluding diaryl/α,β-unsaturated/α-hetero) is 2. The minimum Gasteiger partial charge on any atom is -0.300 e. The van der Waals surface area contributed by atoms with Gasteiger partial charge in [-0.25, -0.2) is 0 Å². The molecule has 0 aliphatic heterocycles. The lowest BCUT2D eigenvalue weighted by Gasteiger charge is -2.10. The number of rotatable bonds is 0. The van der Waals surface area contributed by atoms with E-state index in [0.29, 0.717) is 23.4 Å². The Hall–Kier alpha value is -0.660. The molecule has 2 rings (SSSR count). The molecule has 1 unspecified atom stereocenters. The molecule has 0 aromatic carbocycles. The van der Waals surface area contributed by atoms with E-state index in [1.807, 2.05) is 0 Å². The third-order valence-corrected chi connectivity index (χ3v) is 7.96. The van der Waals surface area contributed by atoms with E-state index < -0.39 is 0 Å². The van der Waals surface area contributed by atoms with Crippen molar-refractivity contribution in [2.24, 2.45) is 11.8 Å². The maximum atomic E-state index is 11.7. The second kappa shape index (κ2) is 22.8. The Morgan fingerprint density at radius 1 is 0.382 bits per heavy atom. The molecule has 2 aliphatic rings. The van der Waals surface area contributed by atoms with Gasteiger partial charge in [-0.1, -0.05) is 142 Å². The SMILES string of the molecule is CC1CCCCCCCCCCCCC(=O)C1.C[C@@H]1CCCCCCCCCCCCC(=O)C1. The molecule has 34 heavy (non-hydrogen) atoms. The van der Waals surface area contributed by atoms with E-state index in [9.17, 15) is 9.59 Å². The Morgan fingerprint density at radius 3 is 0.912 bits per heavy atom. The molecule has 0 N–H and O–H groups in total. The second-order valence-electron chi connectivity index (χ2n) is 11.8. The highest BCUT2D eigenvalue weighted by atomic mass is 16.1. The van der Waals surface area contributed by atoms with Crippen LogP contribution >= 0.6 is 0 Å². The number of carbonyl (C=O) groups excluding carboxylic acids is 2. The summed E-state index contributed by atoms with van der Waals surface area (Å²) in [4.78, 5) is 23.5. The molecule has 0 amide bonds. The minimum absolute atomic E-state index is 0.507. The molecular weight excluding hydrogens is 416 g/mol. The normalized spacial score (nSPS) is 27.1. The van der Waals surface area contributed by atoms with E-state index in [1.54, 1.807) is 0 Å². The van der Waals surface area contributed by atoms with Gasteiger partial charge in [0, 0.05) is 25.7 Å². The largest absolute Gasteiger partial charge is 0.300 e. The van der Waals surface area contributed by atoms with Gasteiger partial charge in [0.1, 0.15) is 11.6 Å². The Balaban J connectivity index is 0.000000340. The highest BCUT2D eigenvalue weighted by Gasteiger charge is 2.10. The zero-order valence-corrected chi connectivity index (χ0v) is 23.4. The molecule has 0 bridgehead atoms. The third kappa shape index (κ3) is 20.7. The summed E-state index contributed by atoms with van der Waals surface area (Å²) in [5, 5.41) is 0. The van der Waals surface area contributed by atoms with Gasteiger partial charge in [0.05, 0.1) is 0 Å². The summed E-state index contributed by atoms with van der Waals surface area (Å²) in [7, 11) is 0. The van der Waals surface area contributed by atoms with Gasteiger partial charge in [-0.3, -0.25) is 9.59 Å². The van der Waals surface area contributed by atoms with Crippen LogP contribution in [-0.2, 0) is 9.59 Å². The fourth-order valence-corrected chi connectivity index (χ4v) is 5.64. The molecule has 2 fully saturated rings. The van der Waals surface area contributed by atoms with Crippen LogP contribution in [0.1, 0.15) is 181 Å². The summed E-state index contributed by atoms with van der Waals surface area (Å²) < 4.78 is 0. The highest BCUT2D eigenvalue weighted by Crippen LogP contribution is 2.20. The molecule has 0 radical (unpaired) electrons. The van der Waals surface area contributed by atoms with E-state index in [2.05, 4.69) is 13.8 Å². The smallest absolute Gasteiger partial charge is 0.133 e. The molecule has 2 atom stereocenters. The van der Waals surface area contributed by atoms with Gasteiger partial charge >= 0.3 is 0 Å². The molecule has 0 aromatic rings. The first-order chi connectivity index (χ1) is 16.6. The van der Waals surface area contributed by atoms with Gasteiger partial charge in [-0.05, 0) is 24.7 Å². The van der Waals surface area contributed by atoms with E-state index in [0.717, 1.165) is 38.5 Å². The molecular formula is C32H60O2. The van der Waals surface area contributed by atoms with Crippen LogP contribution < -0.4 is 0 Å². The molecule has 0 saturated heterocycles. The molecule has 2 heteroatoms. The minimum atomic E-state index is 0.507. The first-order valence-corrected chi connectivity index (χ1v) is 15.6. The average Bonchev–Trinajstić information content (AvgIpc) is 2.81. The summed E-state index contributed by atoms with van der Waals surface area (Å²) in [5.41, 5.74) is 0. The molecule has 0 spiro atoms. The molecule has 200 valence electrons. The summed E-state index contributed by atoms with van der Waals surface area (Å²) >= 11 is 0. The van der Waals surface area contributed by atoms with Gasteiger partial charge in [-0.2, -0.15) is 0 Å². The topological polar surface area (TPSA) is 34.1 Å². The Kier molecular flexibility index (Phi) is 21.0. The lowest BCUT2D eigenvalue weighted by atomic mass is 9.95. The predicted molar refractivity (Wildman–Crippen MR) is 148 cm³/mol. The van der Waals surface area contributed by atoms with Crippen molar-refractivity contribution in [3.05, 3.63) is 0 Å². The quantitative estimate of drug-likeness (QED) is 0.348. The van der Waals surface area contributed by atoms with Crippen LogP contribution in [0.5, 0.6) is 0 Å². The van der Waals surface area contributed by atoms with Gasteiger partial charge in [-0.15, -0.1) is 0 Å². The van der Waals surface area contributed by atoms with Crippen molar-refractivity contribution >= 4 is 11.6 Å². The average molecular weight is 477 g/mol. The van der Waals surface area contributed by atoms with Gasteiger partial charge < -0.3 is 0 Å². The maximum Gasteiger partial charge on any atom is 0.133 e. The Bertz CT molecular complexity index is 439. The standard InChI is InChI=1S/2C16H30O/c2*1-15-12-10-8-6-4-2-3-5-7-9-11-13-16(17)14-15/h2*15H,2-14H2,1H3/t15-;/m1./s1.